The van der Waals surface area contributed by atoms with E-state index in [1.54, 1.807) is 22.9 Å². The van der Waals surface area contributed by atoms with Crippen molar-refractivity contribution in [3.05, 3.63) is 23.8 Å². The Kier molecular flexibility index (Phi) is 4.36. The van der Waals surface area contributed by atoms with E-state index in [1.807, 2.05) is 0 Å². The van der Waals surface area contributed by atoms with Gasteiger partial charge >= 0.3 is 18.1 Å². The van der Waals surface area contributed by atoms with Crippen molar-refractivity contribution in [3.8, 4) is 0 Å². The van der Waals surface area contributed by atoms with Crippen LogP contribution in [0.1, 0.15) is 29.2 Å². The van der Waals surface area contributed by atoms with Gasteiger partial charge < -0.3 is 9.64 Å². The Balaban J connectivity index is 1.76. The molecule has 0 atom stereocenters. The highest BCUT2D eigenvalue weighted by molar-refractivity contribution is 5.93. The number of likely N-dealkylation sites (tertiary alicyclic amines) is 1. The van der Waals surface area contributed by atoms with Crippen molar-refractivity contribution in [1.29, 1.82) is 0 Å². The molecule has 1 aliphatic heterocycles. The molecule has 0 bridgehead atoms. The fourth-order valence-corrected chi connectivity index (χ4v) is 2.95. The summed E-state index contributed by atoms with van der Waals surface area (Å²) in [6, 6.07) is 4.64. The van der Waals surface area contributed by atoms with Gasteiger partial charge in [0.15, 0.2) is 0 Å². The predicted octanol–water partition coefficient (Wildman–Crippen LogP) is 1.94. The number of amides is 1. The number of alkyl halides is 3. The quantitative estimate of drug-likeness (QED) is 0.769. The van der Waals surface area contributed by atoms with Gasteiger partial charge in [0.05, 0.1) is 24.2 Å². The number of aromatic nitrogens is 3. The number of ether oxygens (including phenoxy) is 1. The van der Waals surface area contributed by atoms with Crippen LogP contribution in [0.25, 0.3) is 11.0 Å². The van der Waals surface area contributed by atoms with Gasteiger partial charge in [-0.3, -0.25) is 4.79 Å². The van der Waals surface area contributed by atoms with E-state index in [9.17, 15) is 22.8 Å². The van der Waals surface area contributed by atoms with Gasteiger partial charge in [0, 0.05) is 13.1 Å². The van der Waals surface area contributed by atoms with Gasteiger partial charge in [-0.2, -0.15) is 13.2 Å². The molecule has 1 fully saturated rings. The van der Waals surface area contributed by atoms with E-state index >= 15 is 0 Å². The van der Waals surface area contributed by atoms with Crippen LogP contribution in [-0.4, -0.2) is 58.1 Å². The molecule has 10 heteroatoms. The maximum Gasteiger partial charge on any atom is 0.471 e. The second-order valence-corrected chi connectivity index (χ2v) is 5.75. The van der Waals surface area contributed by atoms with Crippen LogP contribution in [0, 0.1) is 0 Å². The molecular formula is C15H15F3N4O3. The molecule has 0 N–H and O–H groups in total. The van der Waals surface area contributed by atoms with Crippen molar-refractivity contribution in [2.45, 2.75) is 25.1 Å². The number of fused-ring (bicyclic) bond motifs is 1. The highest BCUT2D eigenvalue weighted by Crippen LogP contribution is 2.28. The molecule has 2 aromatic rings. The van der Waals surface area contributed by atoms with Gasteiger partial charge in [-0.05, 0) is 31.0 Å². The standard InChI is InChI=1S/C15H15F3N4O3/c1-25-13(23)9-2-3-12-11(8-9)19-20-22(12)10-4-6-21(7-5-10)14(24)15(16,17)18/h2-3,8,10H,4-7H2,1H3. The number of piperidine rings is 1. The van der Waals surface area contributed by atoms with Gasteiger partial charge in [-0.15, -0.1) is 5.10 Å². The molecule has 2 heterocycles. The normalized spacial score (nSPS) is 16.2. The molecule has 3 rings (SSSR count). The summed E-state index contributed by atoms with van der Waals surface area (Å²) in [7, 11) is 1.28. The first-order chi connectivity index (χ1) is 11.8. The van der Waals surface area contributed by atoms with E-state index in [4.69, 9.17) is 0 Å². The van der Waals surface area contributed by atoms with Crippen LogP contribution in [0.15, 0.2) is 18.2 Å². The number of hydrogen-bond acceptors (Lipinski definition) is 5. The smallest absolute Gasteiger partial charge is 0.465 e. The lowest BCUT2D eigenvalue weighted by atomic mass is 10.0. The topological polar surface area (TPSA) is 77.3 Å². The van der Waals surface area contributed by atoms with Crippen molar-refractivity contribution in [1.82, 2.24) is 19.9 Å². The highest BCUT2D eigenvalue weighted by Gasteiger charge is 2.43. The minimum atomic E-state index is -4.85. The van der Waals surface area contributed by atoms with Gasteiger partial charge in [0.2, 0.25) is 0 Å². The Morgan fingerprint density at radius 3 is 2.52 bits per heavy atom. The number of hydrogen-bond donors (Lipinski definition) is 0. The van der Waals surface area contributed by atoms with E-state index < -0.39 is 18.1 Å². The second kappa shape index (κ2) is 6.34. The third-order valence-electron chi connectivity index (χ3n) is 4.23. The Morgan fingerprint density at radius 2 is 1.92 bits per heavy atom. The molecule has 1 aliphatic rings. The predicted molar refractivity (Wildman–Crippen MR) is 79.8 cm³/mol. The Hall–Kier alpha value is -2.65. The fourth-order valence-electron chi connectivity index (χ4n) is 2.95. The van der Waals surface area contributed by atoms with Crippen LogP contribution in [0.5, 0.6) is 0 Å². The molecule has 0 spiro atoms. The summed E-state index contributed by atoms with van der Waals surface area (Å²) < 4.78 is 43.7. The molecule has 7 nitrogen and oxygen atoms in total. The molecule has 1 saturated heterocycles. The van der Waals surface area contributed by atoms with Gasteiger partial charge in [-0.1, -0.05) is 5.21 Å². The van der Waals surface area contributed by atoms with Crippen molar-refractivity contribution in [3.63, 3.8) is 0 Å². The molecule has 0 unspecified atom stereocenters. The van der Waals surface area contributed by atoms with Crippen molar-refractivity contribution in [2.24, 2.45) is 0 Å². The van der Waals surface area contributed by atoms with E-state index in [-0.39, 0.29) is 19.1 Å². The molecule has 25 heavy (non-hydrogen) atoms. The van der Waals surface area contributed by atoms with Crippen molar-refractivity contribution >= 4 is 22.9 Å². The van der Waals surface area contributed by atoms with E-state index in [0.29, 0.717) is 29.4 Å². The number of benzene rings is 1. The van der Waals surface area contributed by atoms with Crippen LogP contribution in [0.4, 0.5) is 13.2 Å². The summed E-state index contributed by atoms with van der Waals surface area (Å²) in [5.74, 6) is -2.30. The van der Waals surface area contributed by atoms with Gasteiger partial charge in [0.1, 0.15) is 5.52 Å². The summed E-state index contributed by atoms with van der Waals surface area (Å²) in [4.78, 5) is 23.6. The summed E-state index contributed by atoms with van der Waals surface area (Å²) in [6.07, 6.45) is -4.16. The van der Waals surface area contributed by atoms with Crippen LogP contribution in [0.3, 0.4) is 0 Å². The maximum atomic E-state index is 12.5. The maximum absolute atomic E-state index is 12.5. The number of nitrogens with zero attached hydrogens (tertiary/aromatic N) is 4. The number of halogens is 3. The molecule has 0 aliphatic carbocycles. The monoisotopic (exact) mass is 356 g/mol. The van der Waals surface area contributed by atoms with Gasteiger partial charge in [-0.25, -0.2) is 9.48 Å². The number of carbonyl (C=O) groups is 2. The average Bonchev–Trinajstić information content (AvgIpc) is 3.02. The molecule has 134 valence electrons. The van der Waals surface area contributed by atoms with Gasteiger partial charge in [0.25, 0.3) is 0 Å². The Morgan fingerprint density at radius 1 is 1.24 bits per heavy atom. The van der Waals surface area contributed by atoms with Crippen molar-refractivity contribution in [2.75, 3.05) is 20.2 Å². The van der Waals surface area contributed by atoms with Crippen molar-refractivity contribution < 1.29 is 27.5 Å². The molecule has 1 amide bonds. The van der Waals surface area contributed by atoms with E-state index in [1.165, 1.54) is 7.11 Å². The molecule has 1 aromatic heterocycles. The SMILES string of the molecule is COC(=O)c1ccc2c(c1)nnn2C1CCN(C(=O)C(F)(F)F)CC1. The Labute approximate surface area is 140 Å². The Bertz CT molecular complexity index is 810. The molecule has 1 aromatic carbocycles. The lowest BCUT2D eigenvalue weighted by Crippen LogP contribution is -2.45. The average molecular weight is 356 g/mol. The zero-order valence-corrected chi connectivity index (χ0v) is 13.3. The number of esters is 1. The third-order valence-corrected chi connectivity index (χ3v) is 4.23. The summed E-state index contributed by atoms with van der Waals surface area (Å²) in [5, 5.41) is 8.06. The van der Waals surface area contributed by atoms with E-state index in [0.717, 1.165) is 4.90 Å². The van der Waals surface area contributed by atoms with Crippen LogP contribution in [-0.2, 0) is 9.53 Å². The lowest BCUT2D eigenvalue weighted by Gasteiger charge is -2.32. The minimum Gasteiger partial charge on any atom is -0.465 e. The first kappa shape index (κ1) is 17.2. The molecule has 0 radical (unpaired) electrons. The van der Waals surface area contributed by atoms with Crippen LogP contribution < -0.4 is 0 Å². The first-order valence-corrected chi connectivity index (χ1v) is 7.60. The number of rotatable bonds is 2. The lowest BCUT2D eigenvalue weighted by molar-refractivity contribution is -0.186. The van der Waals surface area contributed by atoms with Crippen LogP contribution in [0.2, 0.25) is 0 Å². The zero-order valence-electron chi connectivity index (χ0n) is 13.3. The minimum absolute atomic E-state index is 0.00457. The molecule has 0 saturated carbocycles. The van der Waals surface area contributed by atoms with Crippen LogP contribution >= 0.6 is 0 Å². The first-order valence-electron chi connectivity index (χ1n) is 7.60. The molecular weight excluding hydrogens is 341 g/mol. The summed E-state index contributed by atoms with van der Waals surface area (Å²) in [5.41, 5.74) is 1.51. The third kappa shape index (κ3) is 3.28. The zero-order chi connectivity index (χ0) is 18.2. The number of methoxy groups -OCH3 is 1. The largest absolute Gasteiger partial charge is 0.471 e. The highest BCUT2D eigenvalue weighted by atomic mass is 19.4. The fraction of sp³-hybridized carbons (Fsp3) is 0.467. The second-order valence-electron chi connectivity index (χ2n) is 5.75. The number of carbonyl (C=O) groups excluding carboxylic acids is 2. The summed E-state index contributed by atoms with van der Waals surface area (Å²) >= 11 is 0. The van der Waals surface area contributed by atoms with E-state index in [2.05, 4.69) is 15.0 Å². The summed E-state index contributed by atoms with van der Waals surface area (Å²) in [6.45, 7) is 0.00914.